The van der Waals surface area contributed by atoms with Gasteiger partial charge in [0.15, 0.2) is 0 Å². The lowest BCUT2D eigenvalue weighted by Gasteiger charge is -2.63. The van der Waals surface area contributed by atoms with Crippen molar-refractivity contribution in [3.63, 3.8) is 0 Å². The summed E-state index contributed by atoms with van der Waals surface area (Å²) in [5.74, 6) is 0.572. The predicted octanol–water partition coefficient (Wildman–Crippen LogP) is 4.47. The Kier molecular flexibility index (Phi) is 8.11. The highest BCUT2D eigenvalue weighted by Crippen LogP contribution is 2.68. The van der Waals surface area contributed by atoms with Crippen molar-refractivity contribution in [1.82, 2.24) is 5.32 Å². The van der Waals surface area contributed by atoms with Gasteiger partial charge in [0.05, 0.1) is 11.8 Å². The molecule has 1 unspecified atom stereocenters. The molecule has 5 rings (SSSR count). The highest BCUT2D eigenvalue weighted by atomic mass is 16.6. The van der Waals surface area contributed by atoms with E-state index in [4.69, 9.17) is 20.2 Å². The molecule has 208 valence electrons. The molecule has 8 heteroatoms. The van der Waals surface area contributed by atoms with E-state index in [1.165, 1.54) is 44.2 Å². The van der Waals surface area contributed by atoms with E-state index >= 15 is 0 Å². The van der Waals surface area contributed by atoms with Gasteiger partial charge in [-0.3, -0.25) is 0 Å². The lowest BCUT2D eigenvalue weighted by molar-refractivity contribution is -0.134. The Hall–Kier alpha value is -1.93. The molecular formula is C29H46N2O6. The highest BCUT2D eigenvalue weighted by molar-refractivity contribution is 5.90. The quantitative estimate of drug-likeness (QED) is 0.319. The molecule has 8 atom stereocenters. The van der Waals surface area contributed by atoms with Crippen molar-refractivity contribution in [3.8, 4) is 0 Å². The number of aliphatic hydroxyl groups is 1. The van der Waals surface area contributed by atoms with Crippen molar-refractivity contribution >= 4 is 17.7 Å². The number of nitrogens with zero attached hydrogens (tertiary/aromatic N) is 1. The van der Waals surface area contributed by atoms with Crippen LogP contribution in [0.1, 0.15) is 85.5 Å². The Labute approximate surface area is 220 Å². The van der Waals surface area contributed by atoms with Gasteiger partial charge in [0.25, 0.3) is 0 Å². The number of fused-ring (bicyclic) bond motifs is 5. The molecule has 0 spiro atoms. The fourth-order valence-corrected chi connectivity index (χ4v) is 9.05. The smallest absolute Gasteiger partial charge is 0.328 e. The second-order valence-corrected chi connectivity index (χ2v) is 13.1. The van der Waals surface area contributed by atoms with Gasteiger partial charge in [-0.15, -0.1) is 0 Å². The number of carboxylic acids is 2. The van der Waals surface area contributed by atoms with Crippen LogP contribution in [-0.4, -0.2) is 58.3 Å². The Balaban J connectivity index is 0.000000349. The molecule has 5 fully saturated rings. The van der Waals surface area contributed by atoms with E-state index in [0.29, 0.717) is 23.5 Å². The maximum absolute atomic E-state index is 10.7. The SMILES string of the molecule is CC1(C)/C(=N/O[C@H]2CCNC2)CC[C@@]2(C)C1CC[C@H]1[C@@H]3CC[C@H](O)[C@@]3(C)CC[C@@H]12.O=C(O)/C=C/C(=O)O. The van der Waals surface area contributed by atoms with Crippen LogP contribution in [0.3, 0.4) is 0 Å². The van der Waals surface area contributed by atoms with Crippen LogP contribution in [0.2, 0.25) is 0 Å². The molecule has 1 heterocycles. The Morgan fingerprint density at radius 1 is 0.919 bits per heavy atom. The molecule has 0 aromatic heterocycles. The maximum Gasteiger partial charge on any atom is 0.328 e. The van der Waals surface area contributed by atoms with Crippen LogP contribution in [0.25, 0.3) is 0 Å². The number of carboxylic acid groups (broad SMARTS) is 2. The summed E-state index contributed by atoms with van der Waals surface area (Å²) in [6, 6.07) is 0. The number of oxime groups is 1. The third kappa shape index (κ3) is 5.33. The van der Waals surface area contributed by atoms with Crippen molar-refractivity contribution in [1.29, 1.82) is 0 Å². The molecule has 0 aromatic rings. The minimum atomic E-state index is -1.26. The number of aliphatic hydroxyl groups excluding tert-OH is 1. The number of carbonyl (C=O) groups is 2. The van der Waals surface area contributed by atoms with E-state index in [9.17, 15) is 14.7 Å². The molecule has 5 aliphatic rings. The maximum atomic E-state index is 10.7. The lowest BCUT2D eigenvalue weighted by Crippen LogP contribution is -2.58. The molecule has 0 amide bonds. The van der Waals surface area contributed by atoms with Crippen LogP contribution in [0.5, 0.6) is 0 Å². The number of rotatable bonds is 4. The van der Waals surface area contributed by atoms with Crippen LogP contribution in [-0.2, 0) is 14.4 Å². The zero-order valence-electron chi connectivity index (χ0n) is 22.9. The van der Waals surface area contributed by atoms with Crippen LogP contribution >= 0.6 is 0 Å². The Morgan fingerprint density at radius 2 is 1.59 bits per heavy atom. The molecule has 4 saturated carbocycles. The van der Waals surface area contributed by atoms with Gasteiger partial charge in [-0.05, 0) is 92.4 Å². The molecule has 1 aliphatic heterocycles. The predicted molar refractivity (Wildman–Crippen MR) is 141 cm³/mol. The van der Waals surface area contributed by atoms with E-state index in [1.54, 1.807) is 0 Å². The summed E-state index contributed by atoms with van der Waals surface area (Å²) in [6.07, 6.45) is 12.2. The molecular weight excluding hydrogens is 472 g/mol. The van der Waals surface area contributed by atoms with Gasteiger partial charge >= 0.3 is 11.9 Å². The minimum Gasteiger partial charge on any atom is -0.478 e. The number of hydrogen-bond donors (Lipinski definition) is 4. The lowest BCUT2D eigenvalue weighted by atomic mass is 9.41. The molecule has 1 saturated heterocycles. The van der Waals surface area contributed by atoms with Crippen molar-refractivity contribution in [2.45, 2.75) is 97.7 Å². The number of aliphatic carboxylic acids is 2. The fraction of sp³-hybridized carbons (Fsp3) is 0.828. The van der Waals surface area contributed by atoms with Crippen molar-refractivity contribution in [2.24, 2.45) is 45.1 Å². The van der Waals surface area contributed by atoms with E-state index < -0.39 is 11.9 Å². The summed E-state index contributed by atoms with van der Waals surface area (Å²) in [4.78, 5) is 25.1. The third-order valence-corrected chi connectivity index (χ3v) is 11.0. The first-order chi connectivity index (χ1) is 17.4. The van der Waals surface area contributed by atoms with E-state index in [1.807, 2.05) is 0 Å². The second kappa shape index (κ2) is 10.7. The van der Waals surface area contributed by atoms with Crippen LogP contribution < -0.4 is 5.32 Å². The van der Waals surface area contributed by atoms with Gasteiger partial charge in [0, 0.05) is 30.5 Å². The molecule has 0 radical (unpaired) electrons. The summed E-state index contributed by atoms with van der Waals surface area (Å²) in [6.45, 7) is 11.9. The minimum absolute atomic E-state index is 0.0669. The highest BCUT2D eigenvalue weighted by Gasteiger charge is 2.62. The summed E-state index contributed by atoms with van der Waals surface area (Å²) < 4.78 is 0. The topological polar surface area (TPSA) is 128 Å². The number of nitrogens with one attached hydrogen (secondary N) is 1. The first-order valence-corrected chi connectivity index (χ1v) is 14.2. The van der Waals surface area contributed by atoms with Crippen molar-refractivity contribution < 1.29 is 29.7 Å². The third-order valence-electron chi connectivity index (χ3n) is 11.0. The van der Waals surface area contributed by atoms with Crippen LogP contribution in [0.4, 0.5) is 0 Å². The standard InChI is InChI=1S/C25H42N2O2.C4H4O4/c1-23(2)20-7-5-17-18-6-8-22(28)25(18,4)12-9-19(17)24(20,3)13-10-21(23)27-29-16-11-14-26-15-16;5-3(6)1-2-4(7)8/h16-20,22,26,28H,5-15H2,1-4H3;1-2H,(H,5,6)(H,7,8)/b27-21+;2-1+/t16-,17-,18-,19-,20?,22-,24+,25-;/m0./s1. The van der Waals surface area contributed by atoms with E-state index in [0.717, 1.165) is 50.1 Å². The molecule has 0 bridgehead atoms. The van der Waals surface area contributed by atoms with Gasteiger partial charge in [-0.1, -0.05) is 32.9 Å². The van der Waals surface area contributed by atoms with E-state index in [-0.39, 0.29) is 23.0 Å². The average molecular weight is 519 g/mol. The number of hydrogen-bond acceptors (Lipinski definition) is 6. The van der Waals surface area contributed by atoms with E-state index in [2.05, 4.69) is 33.0 Å². The van der Waals surface area contributed by atoms with Gasteiger partial charge < -0.3 is 25.5 Å². The van der Waals surface area contributed by atoms with Crippen LogP contribution in [0, 0.1) is 39.9 Å². The summed E-state index contributed by atoms with van der Waals surface area (Å²) >= 11 is 0. The first-order valence-electron chi connectivity index (χ1n) is 14.2. The van der Waals surface area contributed by atoms with Gasteiger partial charge in [-0.2, -0.15) is 0 Å². The fourth-order valence-electron chi connectivity index (χ4n) is 9.05. The van der Waals surface area contributed by atoms with Crippen LogP contribution in [0.15, 0.2) is 17.3 Å². The normalized spacial score (nSPS) is 43.3. The molecule has 37 heavy (non-hydrogen) atoms. The first kappa shape index (κ1) is 28.1. The summed E-state index contributed by atoms with van der Waals surface area (Å²) in [5, 5.41) is 34.5. The second-order valence-electron chi connectivity index (χ2n) is 13.1. The van der Waals surface area contributed by atoms with Gasteiger partial charge in [0.1, 0.15) is 6.10 Å². The summed E-state index contributed by atoms with van der Waals surface area (Å²) in [7, 11) is 0. The zero-order valence-corrected chi connectivity index (χ0v) is 22.9. The Morgan fingerprint density at radius 3 is 2.22 bits per heavy atom. The Bertz CT molecular complexity index is 909. The van der Waals surface area contributed by atoms with Gasteiger partial charge in [0.2, 0.25) is 0 Å². The zero-order chi connectivity index (χ0) is 27.0. The van der Waals surface area contributed by atoms with Crippen molar-refractivity contribution in [2.75, 3.05) is 13.1 Å². The molecule has 8 nitrogen and oxygen atoms in total. The average Bonchev–Trinajstić information content (AvgIpc) is 3.45. The molecule has 0 aromatic carbocycles. The van der Waals surface area contributed by atoms with Crippen molar-refractivity contribution in [3.05, 3.63) is 12.2 Å². The largest absolute Gasteiger partial charge is 0.478 e. The summed E-state index contributed by atoms with van der Waals surface area (Å²) in [5.41, 5.74) is 2.03. The monoisotopic (exact) mass is 518 g/mol. The molecule has 4 aliphatic carbocycles. The van der Waals surface area contributed by atoms with Gasteiger partial charge in [-0.25, -0.2) is 9.59 Å². The molecule has 4 N–H and O–H groups in total.